The molecule has 0 saturated carbocycles. The third-order valence-corrected chi connectivity index (χ3v) is 3.19. The van der Waals surface area contributed by atoms with Crippen LogP contribution >= 0.6 is 15.9 Å². The van der Waals surface area contributed by atoms with Crippen LogP contribution in [0, 0.1) is 6.92 Å². The molecule has 2 N–H and O–H groups in total. The number of hydrogen-bond acceptors (Lipinski definition) is 1. The van der Waals surface area contributed by atoms with Crippen molar-refractivity contribution in [1.82, 2.24) is 0 Å². The molecular formula is C14H14BrN. The highest BCUT2D eigenvalue weighted by Gasteiger charge is 2.03. The molecule has 0 saturated heterocycles. The third-order valence-electron chi connectivity index (χ3n) is 2.70. The minimum Gasteiger partial charge on any atom is -0.398 e. The van der Waals surface area contributed by atoms with E-state index in [0.29, 0.717) is 0 Å². The van der Waals surface area contributed by atoms with E-state index in [0.717, 1.165) is 22.1 Å². The highest BCUT2D eigenvalue weighted by molar-refractivity contribution is 9.10. The fraction of sp³-hybridized carbons (Fsp3) is 0.143. The Bertz CT molecular complexity index is 506. The Labute approximate surface area is 104 Å². The summed E-state index contributed by atoms with van der Waals surface area (Å²) >= 11 is 3.48. The highest BCUT2D eigenvalue weighted by atomic mass is 79.9. The van der Waals surface area contributed by atoms with Gasteiger partial charge in [-0.25, -0.2) is 0 Å². The van der Waals surface area contributed by atoms with Crippen molar-refractivity contribution in [1.29, 1.82) is 0 Å². The van der Waals surface area contributed by atoms with Gasteiger partial charge in [-0.1, -0.05) is 46.3 Å². The molecule has 0 spiro atoms. The number of nitrogen functional groups attached to an aromatic ring is 1. The van der Waals surface area contributed by atoms with Crippen LogP contribution in [-0.4, -0.2) is 0 Å². The molecular weight excluding hydrogens is 262 g/mol. The van der Waals surface area contributed by atoms with Crippen LogP contribution in [0.2, 0.25) is 0 Å². The van der Waals surface area contributed by atoms with Crippen molar-refractivity contribution in [3.05, 3.63) is 63.6 Å². The molecule has 0 aliphatic heterocycles. The van der Waals surface area contributed by atoms with Crippen LogP contribution in [0.15, 0.2) is 46.9 Å². The molecule has 2 heteroatoms. The normalized spacial score (nSPS) is 10.4. The number of nitrogens with two attached hydrogens (primary N) is 1. The first-order chi connectivity index (χ1) is 7.66. The maximum Gasteiger partial charge on any atom is 0.0379 e. The molecule has 82 valence electrons. The van der Waals surface area contributed by atoms with E-state index in [2.05, 4.69) is 40.2 Å². The van der Waals surface area contributed by atoms with E-state index >= 15 is 0 Å². The Kier molecular flexibility index (Phi) is 3.30. The van der Waals surface area contributed by atoms with Crippen LogP contribution in [0.3, 0.4) is 0 Å². The number of benzene rings is 2. The van der Waals surface area contributed by atoms with Crippen LogP contribution in [0.4, 0.5) is 5.69 Å². The lowest BCUT2D eigenvalue weighted by Gasteiger charge is -2.08. The molecule has 0 aliphatic carbocycles. The minimum atomic E-state index is 0.882. The van der Waals surface area contributed by atoms with Crippen molar-refractivity contribution in [2.75, 3.05) is 5.73 Å². The number of halogens is 1. The van der Waals surface area contributed by atoms with Crippen molar-refractivity contribution in [3.63, 3.8) is 0 Å². The van der Waals surface area contributed by atoms with E-state index in [1.807, 2.05) is 25.1 Å². The fourth-order valence-corrected chi connectivity index (χ4v) is 2.21. The van der Waals surface area contributed by atoms with E-state index < -0.39 is 0 Å². The monoisotopic (exact) mass is 275 g/mol. The van der Waals surface area contributed by atoms with Gasteiger partial charge in [0.25, 0.3) is 0 Å². The highest BCUT2D eigenvalue weighted by Crippen LogP contribution is 2.21. The summed E-state index contributed by atoms with van der Waals surface area (Å²) in [5, 5.41) is 0. The summed E-state index contributed by atoms with van der Waals surface area (Å²) < 4.78 is 1.11. The summed E-state index contributed by atoms with van der Waals surface area (Å²) in [7, 11) is 0. The summed E-state index contributed by atoms with van der Waals surface area (Å²) in [5.74, 6) is 0. The Balaban J connectivity index is 2.31. The van der Waals surface area contributed by atoms with Crippen molar-refractivity contribution in [3.8, 4) is 0 Å². The van der Waals surface area contributed by atoms with E-state index in [-0.39, 0.29) is 0 Å². The van der Waals surface area contributed by atoms with Crippen molar-refractivity contribution >= 4 is 21.6 Å². The topological polar surface area (TPSA) is 26.0 Å². The van der Waals surface area contributed by atoms with Crippen LogP contribution < -0.4 is 5.73 Å². The van der Waals surface area contributed by atoms with E-state index in [9.17, 15) is 0 Å². The van der Waals surface area contributed by atoms with Gasteiger partial charge in [0.1, 0.15) is 0 Å². The molecule has 0 atom stereocenters. The largest absolute Gasteiger partial charge is 0.398 e. The average Bonchev–Trinajstić information content (AvgIpc) is 2.25. The smallest absolute Gasteiger partial charge is 0.0379 e. The lowest BCUT2D eigenvalue weighted by Crippen LogP contribution is -1.98. The van der Waals surface area contributed by atoms with Gasteiger partial charge in [-0.15, -0.1) is 0 Å². The minimum absolute atomic E-state index is 0.882. The summed E-state index contributed by atoms with van der Waals surface area (Å²) in [4.78, 5) is 0. The first-order valence-corrected chi connectivity index (χ1v) is 6.04. The molecule has 0 bridgehead atoms. The van der Waals surface area contributed by atoms with Crippen LogP contribution in [0.25, 0.3) is 0 Å². The van der Waals surface area contributed by atoms with Crippen molar-refractivity contribution in [2.45, 2.75) is 13.3 Å². The second-order valence-corrected chi connectivity index (χ2v) is 4.87. The zero-order chi connectivity index (χ0) is 11.5. The summed E-state index contributed by atoms with van der Waals surface area (Å²) in [6.07, 6.45) is 0.882. The standard InChI is InChI=1S/C14H14BrN/c1-10-4-2-6-12(14(10)16)8-11-5-3-7-13(15)9-11/h2-7,9H,8,16H2,1H3. The molecule has 1 nitrogen and oxygen atoms in total. The van der Waals surface area contributed by atoms with Gasteiger partial charge in [0.15, 0.2) is 0 Å². The quantitative estimate of drug-likeness (QED) is 0.826. The van der Waals surface area contributed by atoms with E-state index in [4.69, 9.17) is 5.73 Å². The van der Waals surface area contributed by atoms with Crippen molar-refractivity contribution in [2.24, 2.45) is 0 Å². The molecule has 2 rings (SSSR count). The number of hydrogen-bond donors (Lipinski definition) is 1. The Morgan fingerprint density at radius 1 is 1.12 bits per heavy atom. The Morgan fingerprint density at radius 3 is 2.62 bits per heavy atom. The van der Waals surface area contributed by atoms with Gasteiger partial charge in [-0.2, -0.15) is 0 Å². The summed E-state index contributed by atoms with van der Waals surface area (Å²) in [6.45, 7) is 2.04. The molecule has 0 unspecified atom stereocenters. The predicted octanol–water partition coefficient (Wildman–Crippen LogP) is 3.93. The number of rotatable bonds is 2. The molecule has 0 fully saturated rings. The maximum absolute atomic E-state index is 6.06. The predicted molar refractivity (Wildman–Crippen MR) is 72.5 cm³/mol. The molecule has 2 aromatic rings. The van der Waals surface area contributed by atoms with E-state index in [1.54, 1.807) is 0 Å². The average molecular weight is 276 g/mol. The molecule has 0 aliphatic rings. The first kappa shape index (κ1) is 11.2. The molecule has 2 aromatic carbocycles. The van der Waals surface area contributed by atoms with Crippen molar-refractivity contribution < 1.29 is 0 Å². The maximum atomic E-state index is 6.06. The van der Waals surface area contributed by atoms with Gasteiger partial charge in [0.05, 0.1) is 0 Å². The van der Waals surface area contributed by atoms with Gasteiger partial charge < -0.3 is 5.73 Å². The van der Waals surface area contributed by atoms with Crippen LogP contribution in [-0.2, 0) is 6.42 Å². The third kappa shape index (κ3) is 2.45. The van der Waals surface area contributed by atoms with Gasteiger partial charge in [0.2, 0.25) is 0 Å². The lowest BCUT2D eigenvalue weighted by molar-refractivity contribution is 1.18. The molecule has 0 amide bonds. The zero-order valence-electron chi connectivity index (χ0n) is 9.20. The van der Waals surface area contributed by atoms with Gasteiger partial charge in [0, 0.05) is 10.2 Å². The van der Waals surface area contributed by atoms with Gasteiger partial charge in [-0.05, 0) is 42.2 Å². The van der Waals surface area contributed by atoms with Gasteiger partial charge >= 0.3 is 0 Å². The van der Waals surface area contributed by atoms with Crippen LogP contribution in [0.1, 0.15) is 16.7 Å². The molecule has 0 aromatic heterocycles. The molecule has 16 heavy (non-hydrogen) atoms. The second-order valence-electron chi connectivity index (χ2n) is 3.95. The SMILES string of the molecule is Cc1cccc(Cc2cccc(Br)c2)c1N. The zero-order valence-corrected chi connectivity index (χ0v) is 10.8. The Hall–Kier alpha value is -1.28. The fourth-order valence-electron chi connectivity index (χ4n) is 1.76. The second kappa shape index (κ2) is 4.71. The molecule has 0 radical (unpaired) electrons. The summed E-state index contributed by atoms with van der Waals surface area (Å²) in [5.41, 5.74) is 10.6. The lowest BCUT2D eigenvalue weighted by atomic mass is 10.0. The first-order valence-electron chi connectivity index (χ1n) is 5.25. The Morgan fingerprint density at radius 2 is 1.88 bits per heavy atom. The van der Waals surface area contributed by atoms with E-state index in [1.165, 1.54) is 11.1 Å². The molecule has 0 heterocycles. The van der Waals surface area contributed by atoms with Gasteiger partial charge in [-0.3, -0.25) is 0 Å². The number of aryl methyl sites for hydroxylation is 1. The number of para-hydroxylation sites is 1. The van der Waals surface area contributed by atoms with Crippen LogP contribution in [0.5, 0.6) is 0 Å². The summed E-state index contributed by atoms with van der Waals surface area (Å²) in [6, 6.07) is 14.5. The number of anilines is 1.